The summed E-state index contributed by atoms with van der Waals surface area (Å²) in [6.07, 6.45) is 4.88. The predicted octanol–water partition coefficient (Wildman–Crippen LogP) is 4.74. The fourth-order valence-corrected chi connectivity index (χ4v) is 4.14. The molecule has 1 unspecified atom stereocenters. The van der Waals surface area contributed by atoms with Crippen molar-refractivity contribution in [2.24, 2.45) is 0 Å². The molecular formula is C22H23FN4O2. The molecule has 1 fully saturated rings. The van der Waals surface area contributed by atoms with Crippen LogP contribution in [0.25, 0.3) is 10.9 Å². The molecule has 1 aromatic heterocycles. The smallest absolute Gasteiger partial charge is 0.256 e. The molecule has 3 aromatic rings. The van der Waals surface area contributed by atoms with Crippen molar-refractivity contribution in [2.75, 3.05) is 16.8 Å². The van der Waals surface area contributed by atoms with Gasteiger partial charge in [0.25, 0.3) is 5.91 Å². The number of ether oxygens (including phenoxy) is 1. The Hall–Kier alpha value is -2.93. The van der Waals surface area contributed by atoms with Crippen molar-refractivity contribution in [3.05, 3.63) is 48.4 Å². The minimum absolute atomic E-state index is 0.0641. The van der Waals surface area contributed by atoms with E-state index in [9.17, 15) is 9.18 Å². The summed E-state index contributed by atoms with van der Waals surface area (Å²) in [6, 6.07) is 9.98. The van der Waals surface area contributed by atoms with E-state index in [2.05, 4.69) is 10.4 Å². The van der Waals surface area contributed by atoms with E-state index in [4.69, 9.17) is 4.74 Å². The Kier molecular flexibility index (Phi) is 4.10. The molecule has 0 radical (unpaired) electrons. The number of halogens is 1. The van der Waals surface area contributed by atoms with Crippen molar-refractivity contribution in [1.82, 2.24) is 9.78 Å². The fraction of sp³-hybridized carbons (Fsp3) is 0.364. The number of benzene rings is 2. The van der Waals surface area contributed by atoms with Gasteiger partial charge in [-0.2, -0.15) is 5.10 Å². The number of aromatic nitrogens is 2. The van der Waals surface area contributed by atoms with Gasteiger partial charge in [0.2, 0.25) is 0 Å². The summed E-state index contributed by atoms with van der Waals surface area (Å²) in [5, 5.41) is 8.86. The average molecular weight is 394 g/mol. The summed E-state index contributed by atoms with van der Waals surface area (Å²) in [7, 11) is 0. The zero-order chi connectivity index (χ0) is 20.2. The summed E-state index contributed by atoms with van der Waals surface area (Å²) < 4.78 is 21.3. The van der Waals surface area contributed by atoms with E-state index in [1.165, 1.54) is 12.1 Å². The minimum atomic E-state index is -0.804. The van der Waals surface area contributed by atoms with Gasteiger partial charge in [-0.05, 0) is 69.5 Å². The second-order valence-electron chi connectivity index (χ2n) is 8.21. The van der Waals surface area contributed by atoms with Crippen molar-refractivity contribution in [1.29, 1.82) is 0 Å². The predicted molar refractivity (Wildman–Crippen MR) is 110 cm³/mol. The van der Waals surface area contributed by atoms with Crippen molar-refractivity contribution < 1.29 is 13.9 Å². The molecule has 0 aliphatic carbocycles. The quantitative estimate of drug-likeness (QED) is 0.682. The lowest BCUT2D eigenvalue weighted by atomic mass is 9.96. The lowest BCUT2D eigenvalue weighted by Crippen LogP contribution is -2.52. The van der Waals surface area contributed by atoms with Crippen LogP contribution >= 0.6 is 0 Å². The third-order valence-corrected chi connectivity index (χ3v) is 5.65. The van der Waals surface area contributed by atoms with Crippen LogP contribution in [0.15, 0.2) is 42.6 Å². The first-order valence-electron chi connectivity index (χ1n) is 9.95. The maximum atomic E-state index is 13.4. The lowest BCUT2D eigenvalue weighted by molar-refractivity contribution is -0.121. The molecule has 0 saturated carbocycles. The first kappa shape index (κ1) is 18.1. The van der Waals surface area contributed by atoms with Crippen LogP contribution in [0.5, 0.6) is 0 Å². The average Bonchev–Trinajstić information content (AvgIpc) is 3.12. The van der Waals surface area contributed by atoms with Crippen LogP contribution in [-0.2, 0) is 9.53 Å². The summed E-state index contributed by atoms with van der Waals surface area (Å²) >= 11 is 0. The zero-order valence-corrected chi connectivity index (χ0v) is 16.5. The third kappa shape index (κ3) is 2.97. The largest absolute Gasteiger partial charge is 0.370 e. The molecule has 1 N–H and O–H groups in total. The van der Waals surface area contributed by atoms with E-state index >= 15 is 0 Å². The SMILES string of the molecule is CC1(C)Nc2cc3c(cnn3C3CCCCO3)cc2N(c2ccc(F)cc2)C1=O. The minimum Gasteiger partial charge on any atom is -0.370 e. The number of carbonyl (C=O) groups is 1. The summed E-state index contributed by atoms with van der Waals surface area (Å²) in [6.45, 7) is 4.44. The maximum absolute atomic E-state index is 13.4. The number of anilines is 3. The molecule has 150 valence electrons. The van der Waals surface area contributed by atoms with Gasteiger partial charge in [0.05, 0.1) is 23.1 Å². The van der Waals surface area contributed by atoms with Crippen LogP contribution in [0.3, 0.4) is 0 Å². The molecule has 2 aromatic carbocycles. The molecule has 1 atom stereocenters. The molecule has 1 saturated heterocycles. The van der Waals surface area contributed by atoms with Gasteiger partial charge in [0.15, 0.2) is 6.23 Å². The fourth-order valence-electron chi connectivity index (χ4n) is 4.14. The zero-order valence-electron chi connectivity index (χ0n) is 16.5. The highest BCUT2D eigenvalue weighted by Crippen LogP contribution is 2.42. The first-order chi connectivity index (χ1) is 13.9. The Morgan fingerprint density at radius 2 is 2.00 bits per heavy atom. The highest BCUT2D eigenvalue weighted by atomic mass is 19.1. The van der Waals surface area contributed by atoms with Gasteiger partial charge >= 0.3 is 0 Å². The van der Waals surface area contributed by atoms with Crippen molar-refractivity contribution in [3.63, 3.8) is 0 Å². The summed E-state index contributed by atoms with van der Waals surface area (Å²) in [5.41, 5.74) is 2.37. The van der Waals surface area contributed by atoms with E-state index in [0.29, 0.717) is 5.69 Å². The second kappa shape index (κ2) is 6.56. The van der Waals surface area contributed by atoms with Crippen molar-refractivity contribution in [2.45, 2.75) is 44.9 Å². The summed E-state index contributed by atoms with van der Waals surface area (Å²) in [5.74, 6) is -0.431. The van der Waals surface area contributed by atoms with E-state index in [-0.39, 0.29) is 18.0 Å². The highest BCUT2D eigenvalue weighted by Gasteiger charge is 2.40. The van der Waals surface area contributed by atoms with Gasteiger partial charge in [-0.15, -0.1) is 0 Å². The first-order valence-corrected chi connectivity index (χ1v) is 9.95. The Labute approximate surface area is 168 Å². The van der Waals surface area contributed by atoms with Gasteiger partial charge in [-0.25, -0.2) is 9.07 Å². The Balaban J connectivity index is 1.65. The Bertz CT molecular complexity index is 1080. The monoisotopic (exact) mass is 394 g/mol. The summed E-state index contributed by atoms with van der Waals surface area (Å²) in [4.78, 5) is 14.9. The molecule has 0 spiro atoms. The lowest BCUT2D eigenvalue weighted by Gasteiger charge is -2.40. The van der Waals surface area contributed by atoms with E-state index in [1.54, 1.807) is 23.2 Å². The third-order valence-electron chi connectivity index (χ3n) is 5.65. The topological polar surface area (TPSA) is 59.4 Å². The number of hydrogen-bond acceptors (Lipinski definition) is 4. The van der Waals surface area contributed by atoms with Gasteiger partial charge in [0, 0.05) is 17.7 Å². The maximum Gasteiger partial charge on any atom is 0.256 e. The number of nitrogens with one attached hydrogen (secondary N) is 1. The number of rotatable bonds is 2. The van der Waals surface area contributed by atoms with Crippen LogP contribution in [0, 0.1) is 5.82 Å². The van der Waals surface area contributed by atoms with E-state index < -0.39 is 5.54 Å². The molecule has 2 aliphatic rings. The number of nitrogens with zero attached hydrogens (tertiary/aromatic N) is 3. The molecule has 7 heteroatoms. The van der Waals surface area contributed by atoms with Crippen LogP contribution in [0.1, 0.15) is 39.3 Å². The van der Waals surface area contributed by atoms with Crippen molar-refractivity contribution in [3.8, 4) is 0 Å². The molecule has 29 heavy (non-hydrogen) atoms. The number of carbonyl (C=O) groups excluding carboxylic acids is 1. The van der Waals surface area contributed by atoms with Crippen molar-refractivity contribution >= 4 is 33.9 Å². The highest BCUT2D eigenvalue weighted by molar-refractivity contribution is 6.13. The number of hydrogen-bond donors (Lipinski definition) is 1. The molecule has 6 nitrogen and oxygen atoms in total. The van der Waals surface area contributed by atoms with Gasteiger partial charge < -0.3 is 10.1 Å². The number of fused-ring (bicyclic) bond motifs is 2. The van der Waals surface area contributed by atoms with Gasteiger partial charge in [-0.1, -0.05) is 0 Å². The molecule has 2 aliphatic heterocycles. The van der Waals surface area contributed by atoms with Crippen LogP contribution in [0.2, 0.25) is 0 Å². The van der Waals surface area contributed by atoms with Crippen LogP contribution in [-0.4, -0.2) is 27.8 Å². The second-order valence-corrected chi connectivity index (χ2v) is 8.21. The van der Waals surface area contributed by atoms with E-state index in [0.717, 1.165) is 48.1 Å². The Morgan fingerprint density at radius 3 is 2.72 bits per heavy atom. The molecule has 1 amide bonds. The van der Waals surface area contributed by atoms with Crippen LogP contribution in [0.4, 0.5) is 21.5 Å². The van der Waals surface area contributed by atoms with E-state index in [1.807, 2.05) is 30.7 Å². The molecule has 3 heterocycles. The molecule has 5 rings (SSSR count). The number of amides is 1. The van der Waals surface area contributed by atoms with Gasteiger partial charge in [-0.3, -0.25) is 9.69 Å². The molecule has 0 bridgehead atoms. The molecular weight excluding hydrogens is 371 g/mol. The van der Waals surface area contributed by atoms with Gasteiger partial charge in [0.1, 0.15) is 11.4 Å². The Morgan fingerprint density at radius 1 is 1.21 bits per heavy atom. The standard InChI is InChI=1S/C22H23FN4O2/c1-22(2)21(28)26(16-8-6-15(23)7-9-16)19-11-14-13-24-27(18(14)12-17(19)25-22)20-5-3-4-10-29-20/h6-9,11-13,20,25H,3-5,10H2,1-2H3. The van der Waals surface area contributed by atoms with Crippen LogP contribution < -0.4 is 10.2 Å². The normalized spacial score (nSPS) is 21.1.